The van der Waals surface area contributed by atoms with E-state index in [1.807, 2.05) is 31.2 Å². The number of benzene rings is 2. The standard InChI is InChI=1S/C19H20N2O6S/c1-14-2-8-17(9-3-14)28-11-10-20-18(22)12-27-19(23)13-26-16-6-4-15(5-7-16)21(24)25/h2-9H,10-13H2,1H3,(H,20,22). The van der Waals surface area contributed by atoms with Crippen LogP contribution in [-0.2, 0) is 14.3 Å². The van der Waals surface area contributed by atoms with Gasteiger partial charge in [-0.2, -0.15) is 0 Å². The van der Waals surface area contributed by atoms with Gasteiger partial charge in [-0.3, -0.25) is 14.9 Å². The van der Waals surface area contributed by atoms with Crippen molar-refractivity contribution in [1.82, 2.24) is 5.32 Å². The molecule has 2 aromatic rings. The van der Waals surface area contributed by atoms with Crippen LogP contribution in [-0.4, -0.2) is 42.3 Å². The fraction of sp³-hybridized carbons (Fsp3) is 0.263. The molecular weight excluding hydrogens is 384 g/mol. The van der Waals surface area contributed by atoms with Crippen LogP contribution < -0.4 is 10.1 Å². The second-order valence-corrected chi connectivity index (χ2v) is 6.88. The first-order valence-electron chi connectivity index (χ1n) is 8.43. The van der Waals surface area contributed by atoms with Gasteiger partial charge in [0.1, 0.15) is 5.75 Å². The number of aryl methyl sites for hydroxylation is 1. The number of hydrogen-bond donors (Lipinski definition) is 1. The monoisotopic (exact) mass is 404 g/mol. The first kappa shape index (κ1) is 21.2. The number of nitrogens with zero attached hydrogens (tertiary/aromatic N) is 1. The summed E-state index contributed by atoms with van der Waals surface area (Å²) in [7, 11) is 0. The topological polar surface area (TPSA) is 108 Å². The molecule has 8 nitrogen and oxygen atoms in total. The third-order valence-electron chi connectivity index (χ3n) is 3.48. The van der Waals surface area contributed by atoms with Gasteiger partial charge in [0.25, 0.3) is 11.6 Å². The molecule has 0 spiro atoms. The first-order chi connectivity index (χ1) is 13.4. The lowest BCUT2D eigenvalue weighted by Crippen LogP contribution is -2.31. The van der Waals surface area contributed by atoms with Gasteiger partial charge in [-0.25, -0.2) is 4.79 Å². The molecule has 0 atom stereocenters. The zero-order valence-electron chi connectivity index (χ0n) is 15.3. The van der Waals surface area contributed by atoms with Crippen LogP contribution in [0.2, 0.25) is 0 Å². The van der Waals surface area contributed by atoms with Crippen LogP contribution in [0.3, 0.4) is 0 Å². The highest BCUT2D eigenvalue weighted by atomic mass is 32.2. The number of nitro groups is 1. The molecule has 148 valence electrons. The Morgan fingerprint density at radius 3 is 2.39 bits per heavy atom. The Balaban J connectivity index is 1.58. The van der Waals surface area contributed by atoms with Crippen molar-refractivity contribution in [2.24, 2.45) is 0 Å². The van der Waals surface area contributed by atoms with Crippen molar-refractivity contribution in [2.45, 2.75) is 11.8 Å². The second kappa shape index (κ2) is 10.9. The van der Waals surface area contributed by atoms with E-state index in [9.17, 15) is 19.7 Å². The smallest absolute Gasteiger partial charge is 0.344 e. The highest BCUT2D eigenvalue weighted by Crippen LogP contribution is 2.18. The minimum Gasteiger partial charge on any atom is -0.482 e. The Morgan fingerprint density at radius 1 is 1.07 bits per heavy atom. The van der Waals surface area contributed by atoms with Gasteiger partial charge in [-0.15, -0.1) is 11.8 Å². The van der Waals surface area contributed by atoms with Crippen molar-refractivity contribution in [2.75, 3.05) is 25.5 Å². The maximum Gasteiger partial charge on any atom is 0.344 e. The van der Waals surface area contributed by atoms with Crippen LogP contribution in [0, 0.1) is 17.0 Å². The molecule has 0 aliphatic heterocycles. The number of non-ortho nitro benzene ring substituents is 1. The Morgan fingerprint density at radius 2 is 1.75 bits per heavy atom. The Hall–Kier alpha value is -3.07. The second-order valence-electron chi connectivity index (χ2n) is 5.71. The summed E-state index contributed by atoms with van der Waals surface area (Å²) in [6.07, 6.45) is 0. The van der Waals surface area contributed by atoms with Crippen molar-refractivity contribution in [3.63, 3.8) is 0 Å². The van der Waals surface area contributed by atoms with E-state index < -0.39 is 30.0 Å². The summed E-state index contributed by atoms with van der Waals surface area (Å²) in [6, 6.07) is 13.4. The number of rotatable bonds is 10. The van der Waals surface area contributed by atoms with Crippen LogP contribution in [0.4, 0.5) is 5.69 Å². The van der Waals surface area contributed by atoms with Crippen LogP contribution in [0.15, 0.2) is 53.4 Å². The molecule has 0 fully saturated rings. The number of thioether (sulfide) groups is 1. The molecule has 2 aromatic carbocycles. The largest absolute Gasteiger partial charge is 0.482 e. The molecule has 9 heteroatoms. The molecule has 2 rings (SSSR count). The average molecular weight is 404 g/mol. The van der Waals surface area contributed by atoms with Crippen molar-refractivity contribution < 1.29 is 24.0 Å². The molecule has 0 aliphatic rings. The number of nitro benzene ring substituents is 1. The third kappa shape index (κ3) is 7.67. The highest BCUT2D eigenvalue weighted by molar-refractivity contribution is 7.99. The molecule has 0 bridgehead atoms. The van der Waals surface area contributed by atoms with Crippen molar-refractivity contribution in [1.29, 1.82) is 0 Å². The van der Waals surface area contributed by atoms with Crippen molar-refractivity contribution in [3.05, 3.63) is 64.2 Å². The van der Waals surface area contributed by atoms with Gasteiger partial charge in [0.15, 0.2) is 13.2 Å². The van der Waals surface area contributed by atoms with Gasteiger partial charge >= 0.3 is 5.97 Å². The molecule has 28 heavy (non-hydrogen) atoms. The van der Waals surface area contributed by atoms with E-state index in [1.165, 1.54) is 29.8 Å². The Kier molecular flexibility index (Phi) is 8.29. The summed E-state index contributed by atoms with van der Waals surface area (Å²) in [6.45, 7) is 1.69. The fourth-order valence-electron chi connectivity index (χ4n) is 2.04. The summed E-state index contributed by atoms with van der Waals surface area (Å²) < 4.78 is 9.98. The lowest BCUT2D eigenvalue weighted by atomic mass is 10.2. The number of ether oxygens (including phenoxy) is 2. The summed E-state index contributed by atoms with van der Waals surface area (Å²) >= 11 is 1.62. The van der Waals surface area contributed by atoms with E-state index in [4.69, 9.17) is 9.47 Å². The lowest BCUT2D eigenvalue weighted by molar-refractivity contribution is -0.384. The Bertz CT molecular complexity index is 808. The first-order valence-corrected chi connectivity index (χ1v) is 9.41. The summed E-state index contributed by atoms with van der Waals surface area (Å²) in [5.41, 5.74) is 1.11. The van der Waals surface area contributed by atoms with Gasteiger partial charge in [-0.1, -0.05) is 17.7 Å². The van der Waals surface area contributed by atoms with Gasteiger partial charge in [0.05, 0.1) is 4.92 Å². The number of nitrogens with one attached hydrogen (secondary N) is 1. The predicted octanol–water partition coefficient (Wildman–Crippen LogP) is 2.73. The Labute approximate surface area is 166 Å². The minimum absolute atomic E-state index is 0.0767. The van der Waals surface area contributed by atoms with Crippen molar-refractivity contribution in [3.8, 4) is 5.75 Å². The minimum atomic E-state index is -0.706. The van der Waals surface area contributed by atoms with Crippen molar-refractivity contribution >= 4 is 29.3 Å². The van der Waals surface area contributed by atoms with E-state index in [2.05, 4.69) is 5.32 Å². The fourth-order valence-corrected chi connectivity index (χ4v) is 2.81. The normalized spacial score (nSPS) is 10.2. The van der Waals surface area contributed by atoms with Crippen LogP contribution in [0.5, 0.6) is 5.75 Å². The van der Waals surface area contributed by atoms with Gasteiger partial charge in [-0.05, 0) is 31.2 Å². The number of hydrogen-bond acceptors (Lipinski definition) is 7. The molecule has 0 radical (unpaired) electrons. The molecule has 0 aromatic heterocycles. The summed E-state index contributed by atoms with van der Waals surface area (Å²) in [5, 5.41) is 13.2. The number of esters is 1. The molecule has 0 heterocycles. The third-order valence-corrected chi connectivity index (χ3v) is 4.50. The number of carbonyl (C=O) groups is 2. The van der Waals surface area contributed by atoms with Crippen LogP contribution in [0.25, 0.3) is 0 Å². The number of carbonyl (C=O) groups excluding carboxylic acids is 2. The SMILES string of the molecule is Cc1ccc(SCCNC(=O)COC(=O)COc2ccc([N+](=O)[O-])cc2)cc1. The quantitative estimate of drug-likeness (QED) is 0.213. The molecule has 0 aliphatic carbocycles. The average Bonchev–Trinajstić information content (AvgIpc) is 2.69. The van der Waals surface area contributed by atoms with E-state index in [-0.39, 0.29) is 5.69 Å². The molecule has 0 saturated heterocycles. The maximum absolute atomic E-state index is 11.7. The van der Waals surface area contributed by atoms with Gasteiger partial charge in [0.2, 0.25) is 0 Å². The summed E-state index contributed by atoms with van der Waals surface area (Å²) in [4.78, 5) is 34.4. The molecule has 1 N–H and O–H groups in total. The zero-order valence-corrected chi connectivity index (χ0v) is 16.1. The summed E-state index contributed by atoms with van der Waals surface area (Å²) in [5.74, 6) is -0.109. The molecular formula is C19H20N2O6S. The molecule has 0 unspecified atom stereocenters. The van der Waals surface area contributed by atoms with E-state index in [0.717, 1.165) is 4.90 Å². The molecule has 1 amide bonds. The lowest BCUT2D eigenvalue weighted by Gasteiger charge is -2.08. The predicted molar refractivity (Wildman–Crippen MR) is 104 cm³/mol. The van der Waals surface area contributed by atoms with E-state index in [0.29, 0.717) is 18.0 Å². The zero-order chi connectivity index (χ0) is 20.4. The van der Waals surface area contributed by atoms with Gasteiger partial charge < -0.3 is 14.8 Å². The number of amides is 1. The molecule has 0 saturated carbocycles. The maximum atomic E-state index is 11.7. The van der Waals surface area contributed by atoms with E-state index in [1.54, 1.807) is 11.8 Å². The van der Waals surface area contributed by atoms with Crippen LogP contribution in [0.1, 0.15) is 5.56 Å². The highest BCUT2D eigenvalue weighted by Gasteiger charge is 2.09. The van der Waals surface area contributed by atoms with E-state index >= 15 is 0 Å². The van der Waals surface area contributed by atoms with Crippen LogP contribution >= 0.6 is 11.8 Å². The van der Waals surface area contributed by atoms with Gasteiger partial charge in [0, 0.05) is 29.3 Å².